The van der Waals surface area contributed by atoms with Gasteiger partial charge in [0.05, 0.1) is 31.8 Å². The minimum Gasteiger partial charge on any atom is -0.493 e. The van der Waals surface area contributed by atoms with Gasteiger partial charge >= 0.3 is 0 Å². The van der Waals surface area contributed by atoms with Crippen molar-refractivity contribution >= 4 is 0 Å². The van der Waals surface area contributed by atoms with Crippen LogP contribution >= 0.6 is 0 Å². The summed E-state index contributed by atoms with van der Waals surface area (Å²) in [5, 5.41) is 19.3. The number of rotatable bonds is 7. The number of aliphatic hydroxyl groups excluding tert-OH is 1. The van der Waals surface area contributed by atoms with Gasteiger partial charge in [0, 0.05) is 0 Å². The van der Waals surface area contributed by atoms with Crippen LogP contribution in [0.25, 0.3) is 0 Å². The molecule has 0 saturated carbocycles. The lowest BCUT2D eigenvalue weighted by Crippen LogP contribution is -2.17. The van der Waals surface area contributed by atoms with E-state index in [0.29, 0.717) is 24.5 Å². The molecule has 0 saturated heterocycles. The molecule has 0 aromatic heterocycles. The van der Waals surface area contributed by atoms with Crippen LogP contribution in [0.3, 0.4) is 0 Å². The molecular formula is C15H21NO3. The average Bonchev–Trinajstić information content (AvgIpc) is 2.40. The highest BCUT2D eigenvalue weighted by Gasteiger charge is 2.21. The highest BCUT2D eigenvalue weighted by atomic mass is 16.5. The van der Waals surface area contributed by atoms with Crippen molar-refractivity contribution in [2.75, 3.05) is 13.7 Å². The normalized spacial score (nSPS) is 13.4. The fraction of sp³-hybridized carbons (Fsp3) is 0.533. The van der Waals surface area contributed by atoms with E-state index in [2.05, 4.69) is 6.07 Å². The van der Waals surface area contributed by atoms with Gasteiger partial charge in [0.1, 0.15) is 0 Å². The summed E-state index contributed by atoms with van der Waals surface area (Å²) in [4.78, 5) is 0. The summed E-state index contributed by atoms with van der Waals surface area (Å²) in [6.45, 7) is 4.39. The molecule has 19 heavy (non-hydrogen) atoms. The summed E-state index contributed by atoms with van der Waals surface area (Å²) in [6, 6.07) is 7.50. The largest absolute Gasteiger partial charge is 0.493 e. The second kappa shape index (κ2) is 7.65. The molecule has 1 N–H and O–H groups in total. The lowest BCUT2D eigenvalue weighted by molar-refractivity contribution is 0.150. The second-order valence-electron chi connectivity index (χ2n) is 4.31. The summed E-state index contributed by atoms with van der Waals surface area (Å²) in [5.74, 6) is 0.698. The summed E-state index contributed by atoms with van der Waals surface area (Å²) in [7, 11) is 1.57. The number of aliphatic hydroxyl groups is 1. The van der Waals surface area contributed by atoms with Crippen molar-refractivity contribution in [2.45, 2.75) is 38.7 Å². The van der Waals surface area contributed by atoms with E-state index in [1.165, 1.54) is 0 Å². The molecule has 0 spiro atoms. The molecule has 4 nitrogen and oxygen atoms in total. The third-order valence-electron chi connectivity index (χ3n) is 2.95. The fourth-order valence-electron chi connectivity index (χ4n) is 2.00. The van der Waals surface area contributed by atoms with E-state index in [1.54, 1.807) is 25.3 Å². The van der Waals surface area contributed by atoms with E-state index in [4.69, 9.17) is 9.47 Å². The van der Waals surface area contributed by atoms with Gasteiger partial charge in [0.15, 0.2) is 11.5 Å². The predicted octanol–water partition coefficient (Wildman–Crippen LogP) is 2.86. The highest BCUT2D eigenvalue weighted by molar-refractivity contribution is 5.45. The SMILES string of the molecule is CCCC(O)C(C#N)c1ccc(OC)c(OCC)c1. The summed E-state index contributed by atoms with van der Waals surface area (Å²) in [6.07, 6.45) is 0.792. The van der Waals surface area contributed by atoms with E-state index in [0.717, 1.165) is 12.0 Å². The molecule has 0 fully saturated rings. The maximum Gasteiger partial charge on any atom is 0.161 e. The Labute approximate surface area is 114 Å². The molecule has 1 aromatic rings. The third-order valence-corrected chi connectivity index (χ3v) is 2.95. The number of nitriles is 1. The van der Waals surface area contributed by atoms with Crippen molar-refractivity contribution in [1.29, 1.82) is 5.26 Å². The molecule has 0 heterocycles. The number of hydrogen-bond donors (Lipinski definition) is 1. The number of ether oxygens (including phenoxy) is 2. The van der Waals surface area contributed by atoms with Gasteiger partial charge in [-0.05, 0) is 31.0 Å². The Morgan fingerprint density at radius 2 is 2.05 bits per heavy atom. The Morgan fingerprint density at radius 1 is 1.32 bits per heavy atom. The molecule has 0 radical (unpaired) electrons. The van der Waals surface area contributed by atoms with Gasteiger partial charge in [-0.3, -0.25) is 0 Å². The molecule has 2 unspecified atom stereocenters. The van der Waals surface area contributed by atoms with Crippen LogP contribution in [0.15, 0.2) is 18.2 Å². The van der Waals surface area contributed by atoms with Crippen molar-refractivity contribution < 1.29 is 14.6 Å². The Hall–Kier alpha value is -1.73. The molecular weight excluding hydrogens is 242 g/mol. The standard InChI is InChI=1S/C15H21NO3/c1-4-6-13(17)12(10-16)11-7-8-14(18-3)15(9-11)19-5-2/h7-9,12-13,17H,4-6H2,1-3H3. The van der Waals surface area contributed by atoms with Crippen LogP contribution in [0.2, 0.25) is 0 Å². The first-order valence-electron chi connectivity index (χ1n) is 6.56. The Kier molecular flexibility index (Phi) is 6.17. The minimum absolute atomic E-state index is 0.522. The van der Waals surface area contributed by atoms with E-state index in [1.807, 2.05) is 13.8 Å². The molecule has 4 heteroatoms. The van der Waals surface area contributed by atoms with E-state index in [-0.39, 0.29) is 0 Å². The molecule has 0 aliphatic heterocycles. The van der Waals surface area contributed by atoms with Crippen LogP contribution < -0.4 is 9.47 Å². The summed E-state index contributed by atoms with van der Waals surface area (Å²) in [5.41, 5.74) is 0.757. The number of methoxy groups -OCH3 is 1. The van der Waals surface area contributed by atoms with Crippen molar-refractivity contribution in [2.24, 2.45) is 0 Å². The average molecular weight is 263 g/mol. The molecule has 0 aliphatic rings. The minimum atomic E-state index is -0.655. The molecule has 0 aliphatic carbocycles. The maximum atomic E-state index is 10.0. The Bertz CT molecular complexity index is 440. The van der Waals surface area contributed by atoms with E-state index >= 15 is 0 Å². The zero-order valence-corrected chi connectivity index (χ0v) is 11.7. The smallest absolute Gasteiger partial charge is 0.161 e. The van der Waals surface area contributed by atoms with Gasteiger partial charge in [-0.15, -0.1) is 0 Å². The van der Waals surface area contributed by atoms with Crippen molar-refractivity contribution in [3.05, 3.63) is 23.8 Å². The zero-order valence-electron chi connectivity index (χ0n) is 11.7. The molecule has 2 atom stereocenters. The first-order valence-corrected chi connectivity index (χ1v) is 6.56. The van der Waals surface area contributed by atoms with Gasteiger partial charge in [0.25, 0.3) is 0 Å². The quantitative estimate of drug-likeness (QED) is 0.821. The van der Waals surface area contributed by atoms with Gasteiger partial charge in [-0.2, -0.15) is 5.26 Å². The van der Waals surface area contributed by atoms with Gasteiger partial charge < -0.3 is 14.6 Å². The van der Waals surface area contributed by atoms with Crippen LogP contribution in [0.5, 0.6) is 11.5 Å². The van der Waals surface area contributed by atoms with Gasteiger partial charge in [-0.1, -0.05) is 19.4 Å². The monoisotopic (exact) mass is 263 g/mol. The predicted molar refractivity (Wildman–Crippen MR) is 73.4 cm³/mol. The number of hydrogen-bond acceptors (Lipinski definition) is 4. The van der Waals surface area contributed by atoms with E-state index in [9.17, 15) is 10.4 Å². The first kappa shape index (κ1) is 15.3. The van der Waals surface area contributed by atoms with Crippen LogP contribution in [0, 0.1) is 11.3 Å². The van der Waals surface area contributed by atoms with Crippen molar-refractivity contribution in [3.8, 4) is 17.6 Å². The fourth-order valence-corrected chi connectivity index (χ4v) is 2.00. The van der Waals surface area contributed by atoms with Crippen LogP contribution in [-0.2, 0) is 0 Å². The summed E-state index contributed by atoms with van der Waals surface area (Å²) >= 11 is 0. The molecule has 104 valence electrons. The van der Waals surface area contributed by atoms with E-state index < -0.39 is 12.0 Å². The third kappa shape index (κ3) is 3.87. The molecule has 0 bridgehead atoms. The molecule has 1 aromatic carbocycles. The topological polar surface area (TPSA) is 62.5 Å². The van der Waals surface area contributed by atoms with Gasteiger partial charge in [-0.25, -0.2) is 0 Å². The lowest BCUT2D eigenvalue weighted by atomic mass is 9.92. The van der Waals surface area contributed by atoms with Crippen molar-refractivity contribution in [3.63, 3.8) is 0 Å². The lowest BCUT2D eigenvalue weighted by Gasteiger charge is -2.18. The van der Waals surface area contributed by atoms with Crippen LogP contribution in [0.1, 0.15) is 38.2 Å². The molecule has 1 rings (SSSR count). The second-order valence-corrected chi connectivity index (χ2v) is 4.31. The van der Waals surface area contributed by atoms with Gasteiger partial charge in [0.2, 0.25) is 0 Å². The first-order chi connectivity index (χ1) is 9.17. The Balaban J connectivity index is 3.05. The number of benzene rings is 1. The highest BCUT2D eigenvalue weighted by Crippen LogP contribution is 2.32. The molecule has 0 amide bonds. The zero-order chi connectivity index (χ0) is 14.3. The summed E-state index contributed by atoms with van der Waals surface area (Å²) < 4.78 is 10.7. The number of nitrogens with zero attached hydrogens (tertiary/aromatic N) is 1. The van der Waals surface area contributed by atoms with Crippen LogP contribution in [0.4, 0.5) is 0 Å². The maximum absolute atomic E-state index is 10.0. The Morgan fingerprint density at radius 3 is 2.58 bits per heavy atom. The van der Waals surface area contributed by atoms with Crippen LogP contribution in [-0.4, -0.2) is 24.9 Å². The van der Waals surface area contributed by atoms with Crippen molar-refractivity contribution in [1.82, 2.24) is 0 Å².